The number of nitrogens with one attached hydrogen (secondary N) is 1. The van der Waals surface area contributed by atoms with Crippen LogP contribution in [-0.2, 0) is 21.2 Å². The van der Waals surface area contributed by atoms with Crippen molar-refractivity contribution in [2.24, 2.45) is 0 Å². The van der Waals surface area contributed by atoms with Gasteiger partial charge in [-0.25, -0.2) is 8.42 Å². The number of thioether (sulfide) groups is 1. The van der Waals surface area contributed by atoms with Crippen LogP contribution in [0.15, 0.2) is 36.9 Å². The topological polar surface area (TPSA) is 63.2 Å². The molecule has 1 aliphatic rings. The first-order valence-electron chi connectivity index (χ1n) is 5.88. The lowest BCUT2D eigenvalue weighted by molar-refractivity contribution is -0.118. The van der Waals surface area contributed by atoms with Crippen LogP contribution in [0.3, 0.4) is 0 Å². The zero-order chi connectivity index (χ0) is 13.9. The minimum absolute atomic E-state index is 0.252. The molecule has 0 aromatic heterocycles. The quantitative estimate of drug-likeness (QED) is 0.858. The molecule has 1 amide bonds. The summed E-state index contributed by atoms with van der Waals surface area (Å²) in [6, 6.07) is 7.65. The van der Waals surface area contributed by atoms with Gasteiger partial charge in [-0.1, -0.05) is 30.3 Å². The Balaban J connectivity index is 2.20. The van der Waals surface area contributed by atoms with Crippen molar-refractivity contribution in [2.75, 3.05) is 11.5 Å². The van der Waals surface area contributed by atoms with Crippen molar-refractivity contribution in [3.05, 3.63) is 48.0 Å². The molecule has 0 unspecified atom stereocenters. The maximum absolute atomic E-state index is 12.1. The molecule has 4 nitrogen and oxygen atoms in total. The molecule has 19 heavy (non-hydrogen) atoms. The van der Waals surface area contributed by atoms with Gasteiger partial charge >= 0.3 is 0 Å². The highest BCUT2D eigenvalue weighted by molar-refractivity contribution is 8.00. The summed E-state index contributed by atoms with van der Waals surface area (Å²) in [4.78, 5) is 12.1. The van der Waals surface area contributed by atoms with Crippen LogP contribution >= 0.6 is 11.8 Å². The summed E-state index contributed by atoms with van der Waals surface area (Å²) in [5.41, 5.74) is 2.02. The predicted molar refractivity (Wildman–Crippen MR) is 77.5 cm³/mol. The Morgan fingerprint density at radius 1 is 1.47 bits per heavy atom. The second kappa shape index (κ2) is 5.79. The van der Waals surface area contributed by atoms with Crippen molar-refractivity contribution < 1.29 is 13.2 Å². The second-order valence-corrected chi connectivity index (χ2v) is 7.22. The number of sulfonamides is 1. The Morgan fingerprint density at radius 2 is 2.21 bits per heavy atom. The fourth-order valence-corrected chi connectivity index (χ4v) is 4.10. The number of carbonyl (C=O) groups excluding carboxylic acids is 1. The van der Waals surface area contributed by atoms with Crippen LogP contribution in [-0.4, -0.2) is 25.8 Å². The number of carbonyl (C=O) groups is 1. The SMILES string of the molecule is C=CCS(=O)(=O)NC(=O)[C@@H]1SCCc2ccccc21. The van der Waals surface area contributed by atoms with E-state index in [0.717, 1.165) is 23.3 Å². The molecule has 0 saturated carbocycles. The first kappa shape index (κ1) is 14.1. The fourth-order valence-electron chi connectivity index (χ4n) is 2.01. The van der Waals surface area contributed by atoms with Crippen LogP contribution in [0.1, 0.15) is 16.4 Å². The van der Waals surface area contributed by atoms with Crippen LogP contribution in [0.4, 0.5) is 0 Å². The fraction of sp³-hybridized carbons (Fsp3) is 0.308. The number of fused-ring (bicyclic) bond motifs is 1. The molecular weight excluding hydrogens is 282 g/mol. The lowest BCUT2D eigenvalue weighted by atomic mass is 10.0. The van der Waals surface area contributed by atoms with Gasteiger partial charge in [0, 0.05) is 0 Å². The molecule has 0 spiro atoms. The van der Waals surface area contributed by atoms with Gasteiger partial charge in [0.1, 0.15) is 5.25 Å². The second-order valence-electron chi connectivity index (χ2n) is 4.24. The molecule has 102 valence electrons. The Bertz CT molecular complexity index is 596. The summed E-state index contributed by atoms with van der Waals surface area (Å²) in [7, 11) is -3.61. The van der Waals surface area contributed by atoms with Crippen LogP contribution < -0.4 is 4.72 Å². The molecule has 0 saturated heterocycles. The molecule has 0 radical (unpaired) electrons. The normalized spacial score (nSPS) is 18.4. The summed E-state index contributed by atoms with van der Waals surface area (Å²) in [5, 5.41) is -0.454. The monoisotopic (exact) mass is 297 g/mol. The largest absolute Gasteiger partial charge is 0.272 e. The van der Waals surface area contributed by atoms with Crippen LogP contribution in [0.25, 0.3) is 0 Å². The molecule has 0 fully saturated rings. The van der Waals surface area contributed by atoms with Crippen molar-refractivity contribution in [2.45, 2.75) is 11.7 Å². The summed E-state index contributed by atoms with van der Waals surface area (Å²) < 4.78 is 25.3. The molecule has 2 rings (SSSR count). The van der Waals surface area contributed by atoms with E-state index >= 15 is 0 Å². The molecule has 1 aromatic rings. The van der Waals surface area contributed by atoms with Gasteiger partial charge in [0.25, 0.3) is 5.91 Å². The third-order valence-corrected chi connectivity index (χ3v) is 5.25. The van der Waals surface area contributed by atoms with Crippen LogP contribution in [0.5, 0.6) is 0 Å². The lowest BCUT2D eigenvalue weighted by Gasteiger charge is -2.23. The van der Waals surface area contributed by atoms with E-state index in [1.54, 1.807) is 0 Å². The van der Waals surface area contributed by atoms with Gasteiger partial charge in [-0.05, 0) is 23.3 Å². The molecular formula is C13H15NO3S2. The van der Waals surface area contributed by atoms with E-state index in [1.807, 2.05) is 24.3 Å². The smallest absolute Gasteiger partial charge is 0.251 e. The van der Waals surface area contributed by atoms with Gasteiger partial charge in [-0.15, -0.1) is 18.3 Å². The van der Waals surface area contributed by atoms with Crippen LogP contribution in [0, 0.1) is 0 Å². The van der Waals surface area contributed by atoms with E-state index in [-0.39, 0.29) is 5.75 Å². The van der Waals surface area contributed by atoms with E-state index < -0.39 is 21.2 Å². The first-order valence-corrected chi connectivity index (χ1v) is 8.58. The molecule has 1 heterocycles. The predicted octanol–water partition coefficient (Wildman–Crippen LogP) is 1.65. The summed E-state index contributed by atoms with van der Waals surface area (Å²) in [5.74, 6) is 0.0907. The summed E-state index contributed by atoms with van der Waals surface area (Å²) in [6.07, 6.45) is 2.17. The average molecular weight is 297 g/mol. The lowest BCUT2D eigenvalue weighted by Crippen LogP contribution is -2.36. The third-order valence-electron chi connectivity index (χ3n) is 2.82. The highest BCUT2D eigenvalue weighted by Crippen LogP contribution is 2.36. The molecule has 1 aromatic carbocycles. The van der Waals surface area contributed by atoms with Crippen molar-refractivity contribution in [1.29, 1.82) is 0 Å². The number of hydrogen-bond acceptors (Lipinski definition) is 4. The highest BCUT2D eigenvalue weighted by atomic mass is 32.2. The Labute approximate surface area is 117 Å². The first-order chi connectivity index (χ1) is 9.03. The number of amides is 1. The standard InChI is InChI=1S/C13H15NO3S2/c1-2-9-19(16,17)14-13(15)12-11-6-4-3-5-10(11)7-8-18-12/h2-6,12H,1,7-9H2,(H,14,15)/t12-/m1/s1. The van der Waals surface area contributed by atoms with Gasteiger partial charge < -0.3 is 0 Å². The van der Waals surface area contributed by atoms with Gasteiger partial charge in [-0.3, -0.25) is 9.52 Å². The highest BCUT2D eigenvalue weighted by Gasteiger charge is 2.29. The van der Waals surface area contributed by atoms with Crippen molar-refractivity contribution in [3.8, 4) is 0 Å². The van der Waals surface area contributed by atoms with Gasteiger partial charge in [0.15, 0.2) is 0 Å². The summed E-state index contributed by atoms with van der Waals surface area (Å²) >= 11 is 1.47. The minimum Gasteiger partial charge on any atom is -0.272 e. The third kappa shape index (κ3) is 3.39. The molecule has 0 aliphatic carbocycles. The number of aryl methyl sites for hydroxylation is 1. The van der Waals surface area contributed by atoms with Gasteiger partial charge in [0.2, 0.25) is 10.0 Å². The average Bonchev–Trinajstić information content (AvgIpc) is 2.37. The Hall–Kier alpha value is -1.27. The minimum atomic E-state index is -3.61. The zero-order valence-electron chi connectivity index (χ0n) is 10.3. The van der Waals surface area contributed by atoms with E-state index in [2.05, 4.69) is 11.3 Å². The molecule has 1 N–H and O–H groups in total. The molecule has 0 bridgehead atoms. The maximum Gasteiger partial charge on any atom is 0.251 e. The zero-order valence-corrected chi connectivity index (χ0v) is 12.0. The Morgan fingerprint density at radius 3 is 2.95 bits per heavy atom. The number of hydrogen-bond donors (Lipinski definition) is 1. The molecule has 6 heteroatoms. The van der Waals surface area contributed by atoms with Crippen molar-refractivity contribution in [1.82, 2.24) is 4.72 Å². The maximum atomic E-state index is 12.1. The van der Waals surface area contributed by atoms with Gasteiger partial charge in [-0.2, -0.15) is 0 Å². The van der Waals surface area contributed by atoms with E-state index in [1.165, 1.54) is 17.8 Å². The Kier molecular flexibility index (Phi) is 4.31. The van der Waals surface area contributed by atoms with Gasteiger partial charge in [0.05, 0.1) is 5.75 Å². The van der Waals surface area contributed by atoms with Crippen molar-refractivity contribution in [3.63, 3.8) is 0 Å². The van der Waals surface area contributed by atoms with E-state index in [4.69, 9.17) is 0 Å². The van der Waals surface area contributed by atoms with E-state index in [9.17, 15) is 13.2 Å². The summed E-state index contributed by atoms with van der Waals surface area (Å²) in [6.45, 7) is 3.37. The van der Waals surface area contributed by atoms with Crippen molar-refractivity contribution >= 4 is 27.7 Å². The van der Waals surface area contributed by atoms with E-state index in [0.29, 0.717) is 0 Å². The molecule has 1 aliphatic heterocycles. The molecule has 1 atom stereocenters. The van der Waals surface area contributed by atoms with Crippen LogP contribution in [0.2, 0.25) is 0 Å². The number of benzene rings is 1. The number of rotatable bonds is 4.